The Kier molecular flexibility index (Phi) is 20.8. The number of carbonyl (C=O) groups excluding carboxylic acids is 6. The molecule has 26 nitrogen and oxygen atoms in total. The zero-order chi connectivity index (χ0) is 60.3. The fourth-order valence-corrected chi connectivity index (χ4v) is 9.96. The molecular formula is C54H93N7O19. The van der Waals surface area contributed by atoms with Crippen molar-refractivity contribution in [2.24, 2.45) is 5.92 Å². The van der Waals surface area contributed by atoms with Crippen molar-refractivity contribution in [1.29, 1.82) is 0 Å². The van der Waals surface area contributed by atoms with Gasteiger partial charge in [-0.05, 0) is 155 Å². The summed E-state index contributed by atoms with van der Waals surface area (Å²) in [6.07, 6.45) is -11.4. The Labute approximate surface area is 470 Å². The maximum Gasteiger partial charge on any atom is 0.410 e. The third-order valence-corrected chi connectivity index (χ3v) is 13.4. The van der Waals surface area contributed by atoms with Crippen LogP contribution in [-0.2, 0) is 47.4 Å². The van der Waals surface area contributed by atoms with Gasteiger partial charge in [-0.25, -0.2) is 24.0 Å². The number of hydrogen-bond acceptors (Lipinski definition) is 20. The van der Waals surface area contributed by atoms with Crippen molar-refractivity contribution in [3.63, 3.8) is 0 Å². The lowest BCUT2D eigenvalue weighted by atomic mass is 9.74. The number of aliphatic hydroxyl groups excluding tert-OH is 2. The third kappa shape index (κ3) is 19.6. The molecule has 80 heavy (non-hydrogen) atoms. The molecule has 0 bridgehead atoms. The van der Waals surface area contributed by atoms with Crippen LogP contribution in [0.1, 0.15) is 149 Å². The molecule has 458 valence electrons. The van der Waals surface area contributed by atoms with Gasteiger partial charge in [0.2, 0.25) is 6.29 Å². The van der Waals surface area contributed by atoms with E-state index in [4.69, 9.17) is 42.6 Å². The van der Waals surface area contributed by atoms with Gasteiger partial charge in [-0.3, -0.25) is 4.79 Å². The minimum atomic E-state index is -2.05. The molecule has 2 aliphatic heterocycles. The highest BCUT2D eigenvalue weighted by Crippen LogP contribution is 2.38. The molecule has 2 heterocycles. The molecule has 10 N–H and O–H groups in total. The highest BCUT2D eigenvalue weighted by molar-refractivity contribution is 5.87. The molecule has 0 spiro atoms. The lowest BCUT2D eigenvalue weighted by Crippen LogP contribution is -2.72. The molecule has 0 aromatic carbocycles. The standard InChI is InChI=1S/C54H93N7O19/c1-48(2,3)76-43(65)56-29-20-28(21-29)25-55-26-31-18-19-32(59-45(67)78-50(7,8)9)40(73-31)74-38-34(60-46(68)79-51(10,11)12)22-33(58-42(64)54(71)23-30(24-54)57-44(66)77-49(4,5)6)37(35(38)62)75-41-36(63)39(53(16,70)27-72-41)61(17)47(69)80-52(13,14)15/h18,28-30,32-41,55,62-63,70-71H,19-27H2,1-17H3,(H,56,65)(H,57,66)(H,58,64)(H,59,67)(H,60,68)/t28?,29?,30?,32-,33-,34+,35-,36-,37+,38-,39-,40-,41-,53+,54?/m1/s1. The first-order chi connectivity index (χ1) is 36.5. The Morgan fingerprint density at radius 2 is 1.06 bits per heavy atom. The maximum atomic E-state index is 14.3. The van der Waals surface area contributed by atoms with Gasteiger partial charge in [0.1, 0.15) is 69.4 Å². The first kappa shape index (κ1) is 65.8. The molecule has 1 saturated heterocycles. The second kappa shape index (κ2) is 25.3. The van der Waals surface area contributed by atoms with Crippen LogP contribution < -0.4 is 31.9 Å². The predicted octanol–water partition coefficient (Wildman–Crippen LogP) is 3.44. The van der Waals surface area contributed by atoms with Gasteiger partial charge in [0.05, 0.1) is 37.3 Å². The van der Waals surface area contributed by atoms with Gasteiger partial charge in [0.25, 0.3) is 5.91 Å². The van der Waals surface area contributed by atoms with E-state index in [9.17, 15) is 49.2 Å². The summed E-state index contributed by atoms with van der Waals surface area (Å²) >= 11 is 0. The Hall–Kier alpha value is -4.96. The summed E-state index contributed by atoms with van der Waals surface area (Å²) in [5.74, 6) is -0.312. The summed E-state index contributed by atoms with van der Waals surface area (Å²) < 4.78 is 53.1. The lowest BCUT2D eigenvalue weighted by molar-refractivity contribution is -0.311. The number of hydrogen-bond donors (Lipinski definition) is 10. The van der Waals surface area contributed by atoms with Crippen LogP contribution >= 0.6 is 0 Å². The molecule has 6 amide bonds. The van der Waals surface area contributed by atoms with Gasteiger partial charge >= 0.3 is 30.5 Å². The van der Waals surface area contributed by atoms with Gasteiger partial charge in [-0.1, -0.05) is 0 Å². The number of ether oxygens (including phenoxy) is 9. The van der Waals surface area contributed by atoms with E-state index >= 15 is 0 Å². The number of nitrogens with one attached hydrogen (secondary N) is 6. The number of nitrogens with zero attached hydrogens (tertiary/aromatic N) is 1. The Balaban J connectivity index is 1.46. The van der Waals surface area contributed by atoms with Crippen LogP contribution in [0.4, 0.5) is 24.0 Å². The van der Waals surface area contributed by atoms with E-state index in [1.807, 2.05) is 0 Å². The molecule has 4 fully saturated rings. The number of alkyl carbamates (subject to hydrolysis) is 4. The van der Waals surface area contributed by atoms with Crippen LogP contribution in [0.2, 0.25) is 0 Å². The summed E-state index contributed by atoms with van der Waals surface area (Å²) in [6.45, 7) is 26.9. The number of amides is 6. The fourth-order valence-electron chi connectivity index (χ4n) is 9.96. The summed E-state index contributed by atoms with van der Waals surface area (Å²) in [7, 11) is 1.32. The summed E-state index contributed by atoms with van der Waals surface area (Å²) in [5, 5.41) is 65.3. The van der Waals surface area contributed by atoms with Gasteiger partial charge in [-0.2, -0.15) is 0 Å². The molecule has 0 unspecified atom stereocenters. The second-order valence-electron chi connectivity index (χ2n) is 27.1. The van der Waals surface area contributed by atoms with Crippen LogP contribution in [0.3, 0.4) is 0 Å². The topological polar surface area (TPSA) is 342 Å². The van der Waals surface area contributed by atoms with E-state index in [1.54, 1.807) is 110 Å². The average molecular weight is 1140 g/mol. The van der Waals surface area contributed by atoms with Gasteiger partial charge < -0.3 is 99.9 Å². The Morgan fingerprint density at radius 3 is 1.56 bits per heavy atom. The molecule has 0 aromatic heterocycles. The van der Waals surface area contributed by atoms with Crippen LogP contribution in [0.5, 0.6) is 0 Å². The minimum Gasteiger partial charge on any atom is -0.466 e. The minimum absolute atomic E-state index is 0.0459. The van der Waals surface area contributed by atoms with Crippen molar-refractivity contribution in [3.05, 3.63) is 11.8 Å². The summed E-state index contributed by atoms with van der Waals surface area (Å²) in [5.41, 5.74) is -8.27. The molecule has 3 aliphatic carbocycles. The molecule has 0 aromatic rings. The second-order valence-corrected chi connectivity index (χ2v) is 27.1. The van der Waals surface area contributed by atoms with E-state index in [0.717, 1.165) is 4.90 Å². The molecule has 5 rings (SSSR count). The van der Waals surface area contributed by atoms with Crippen LogP contribution in [0, 0.1) is 5.92 Å². The molecule has 26 heteroatoms. The van der Waals surface area contributed by atoms with Crippen molar-refractivity contribution in [3.8, 4) is 0 Å². The quantitative estimate of drug-likeness (QED) is 0.105. The average Bonchev–Trinajstić information content (AvgIpc) is 3.22. The van der Waals surface area contributed by atoms with E-state index < -0.39 is 149 Å². The van der Waals surface area contributed by atoms with E-state index in [2.05, 4.69) is 31.9 Å². The highest BCUT2D eigenvalue weighted by Gasteiger charge is 2.57. The maximum absolute atomic E-state index is 14.3. The predicted molar refractivity (Wildman–Crippen MR) is 286 cm³/mol. The molecule has 3 saturated carbocycles. The zero-order valence-electron chi connectivity index (χ0n) is 49.8. The van der Waals surface area contributed by atoms with E-state index in [0.29, 0.717) is 25.1 Å². The number of likely N-dealkylation sites (N-methyl/N-ethyl adjacent to an activating group) is 1. The fraction of sp³-hybridized carbons (Fsp3) is 0.852. The van der Waals surface area contributed by atoms with Gasteiger partial charge in [0, 0.05) is 32.0 Å². The van der Waals surface area contributed by atoms with Gasteiger partial charge in [0.15, 0.2) is 6.29 Å². The van der Waals surface area contributed by atoms with E-state index in [-0.39, 0.29) is 44.2 Å². The van der Waals surface area contributed by atoms with E-state index in [1.165, 1.54) is 14.0 Å². The lowest BCUT2D eigenvalue weighted by Gasteiger charge is -2.51. The Bertz CT molecular complexity index is 2200. The first-order valence-electron chi connectivity index (χ1n) is 27.5. The summed E-state index contributed by atoms with van der Waals surface area (Å²) in [4.78, 5) is 80.8. The molecule has 5 aliphatic rings. The molecule has 11 atom stereocenters. The smallest absolute Gasteiger partial charge is 0.410 e. The third-order valence-electron chi connectivity index (χ3n) is 13.4. The first-order valence-corrected chi connectivity index (χ1v) is 27.5. The van der Waals surface area contributed by atoms with Crippen molar-refractivity contribution in [2.45, 2.75) is 262 Å². The molecular weight excluding hydrogens is 1050 g/mol. The van der Waals surface area contributed by atoms with Crippen LogP contribution in [-0.4, -0.2) is 201 Å². The van der Waals surface area contributed by atoms with Crippen molar-refractivity contribution in [2.75, 3.05) is 26.7 Å². The summed E-state index contributed by atoms with van der Waals surface area (Å²) in [6, 6.07) is -5.74. The highest BCUT2D eigenvalue weighted by atomic mass is 16.7. The number of aliphatic hydroxyl groups is 4. The zero-order valence-corrected chi connectivity index (χ0v) is 49.8. The van der Waals surface area contributed by atoms with Crippen molar-refractivity contribution < 1.29 is 91.8 Å². The van der Waals surface area contributed by atoms with Crippen molar-refractivity contribution >= 4 is 36.4 Å². The molecule has 0 radical (unpaired) electrons. The monoisotopic (exact) mass is 1140 g/mol. The van der Waals surface area contributed by atoms with Crippen LogP contribution in [0.15, 0.2) is 11.8 Å². The number of rotatable bonds is 15. The normalized spacial score (nSPS) is 32.9. The largest absolute Gasteiger partial charge is 0.466 e. The van der Waals surface area contributed by atoms with Gasteiger partial charge in [-0.15, -0.1) is 0 Å². The number of carbonyl (C=O) groups is 6. The SMILES string of the molecule is CN(C(=O)OC(C)(C)C)[C@@H]1[C@@H](O)[C@@H](O[C@@H]2[C@@H](O)[C@H](O[C@H]3OC(CNCC4CC(NC(=O)OC(C)(C)C)C4)=CC[C@H]3NC(=O)OC(C)(C)C)[C@@H](NC(=O)OC(C)(C)C)C[C@H]2NC(=O)C2(O)CC(NC(=O)OC(C)(C)C)C2)OC[C@]1(C)O. The van der Waals surface area contributed by atoms with Crippen LogP contribution in [0.25, 0.3) is 0 Å². The Morgan fingerprint density at radius 1 is 0.613 bits per heavy atom. The van der Waals surface area contributed by atoms with Crippen molar-refractivity contribution in [1.82, 2.24) is 36.8 Å².